The third kappa shape index (κ3) is 2.99. The Hall–Kier alpha value is -0.570. The van der Waals surface area contributed by atoms with Gasteiger partial charge in [-0.2, -0.15) is 0 Å². The van der Waals surface area contributed by atoms with Gasteiger partial charge in [-0.1, -0.05) is 26.2 Å². The topological polar surface area (TPSA) is 40.3 Å². The molecule has 0 bridgehead atoms. The zero-order chi connectivity index (χ0) is 9.84. The van der Waals surface area contributed by atoms with E-state index in [2.05, 4.69) is 11.8 Å². The standard InChI is InChI=1S/C10H19NO2/c1-3-4-5-6-9-7-11(9)8(2)10(12)13/h8-9H,3-7H2,1-2H3,(H,12,13). The molecule has 0 saturated carbocycles. The number of aliphatic carboxylic acids is 1. The highest BCUT2D eigenvalue weighted by Crippen LogP contribution is 2.26. The Bertz CT molecular complexity index is 182. The van der Waals surface area contributed by atoms with Gasteiger partial charge in [-0.05, 0) is 13.3 Å². The average Bonchev–Trinajstić information content (AvgIpc) is 2.83. The normalized spacial score (nSPS) is 28.5. The first kappa shape index (κ1) is 10.5. The zero-order valence-electron chi connectivity index (χ0n) is 8.49. The van der Waals surface area contributed by atoms with Crippen molar-refractivity contribution in [2.24, 2.45) is 0 Å². The van der Waals surface area contributed by atoms with E-state index < -0.39 is 5.97 Å². The van der Waals surface area contributed by atoms with Crippen LogP contribution in [0.15, 0.2) is 0 Å². The number of rotatable bonds is 6. The largest absolute Gasteiger partial charge is 0.480 e. The fourth-order valence-corrected chi connectivity index (χ4v) is 1.70. The number of hydrogen-bond acceptors (Lipinski definition) is 2. The van der Waals surface area contributed by atoms with E-state index in [1.807, 2.05) is 0 Å². The molecule has 1 N–H and O–H groups in total. The summed E-state index contributed by atoms with van der Waals surface area (Å²) in [5.74, 6) is -0.696. The molecule has 0 aromatic heterocycles. The van der Waals surface area contributed by atoms with Crippen LogP contribution in [-0.2, 0) is 4.79 Å². The summed E-state index contributed by atoms with van der Waals surface area (Å²) < 4.78 is 0. The third-order valence-electron chi connectivity index (χ3n) is 2.75. The maximum Gasteiger partial charge on any atom is 0.320 e. The second kappa shape index (κ2) is 4.61. The molecule has 1 rings (SSSR count). The van der Waals surface area contributed by atoms with Crippen molar-refractivity contribution in [3.05, 3.63) is 0 Å². The summed E-state index contributed by atoms with van der Waals surface area (Å²) in [7, 11) is 0. The summed E-state index contributed by atoms with van der Waals surface area (Å²) in [6, 6.07) is 0.268. The lowest BCUT2D eigenvalue weighted by Crippen LogP contribution is -2.26. The van der Waals surface area contributed by atoms with Crippen LogP contribution in [-0.4, -0.2) is 34.6 Å². The van der Waals surface area contributed by atoms with E-state index in [0.717, 1.165) is 6.54 Å². The van der Waals surface area contributed by atoms with Crippen molar-refractivity contribution in [1.82, 2.24) is 4.90 Å². The number of hydrogen-bond donors (Lipinski definition) is 1. The van der Waals surface area contributed by atoms with Crippen molar-refractivity contribution in [2.45, 2.75) is 51.6 Å². The predicted molar refractivity (Wildman–Crippen MR) is 51.7 cm³/mol. The molecule has 3 nitrogen and oxygen atoms in total. The number of unbranched alkanes of at least 4 members (excludes halogenated alkanes) is 2. The first-order valence-electron chi connectivity index (χ1n) is 5.15. The van der Waals surface area contributed by atoms with Crippen molar-refractivity contribution in [3.63, 3.8) is 0 Å². The van der Waals surface area contributed by atoms with Crippen molar-refractivity contribution in [1.29, 1.82) is 0 Å². The lowest BCUT2D eigenvalue weighted by molar-refractivity contribution is -0.140. The van der Waals surface area contributed by atoms with Crippen LogP contribution in [0.5, 0.6) is 0 Å². The van der Waals surface area contributed by atoms with Gasteiger partial charge in [0.2, 0.25) is 0 Å². The van der Waals surface area contributed by atoms with E-state index in [4.69, 9.17) is 5.11 Å². The van der Waals surface area contributed by atoms with Crippen LogP contribution >= 0.6 is 0 Å². The quantitative estimate of drug-likeness (QED) is 0.506. The summed E-state index contributed by atoms with van der Waals surface area (Å²) in [5, 5.41) is 8.74. The van der Waals surface area contributed by atoms with Crippen molar-refractivity contribution >= 4 is 5.97 Å². The molecule has 3 atom stereocenters. The number of nitrogens with zero attached hydrogens (tertiary/aromatic N) is 1. The highest BCUT2D eigenvalue weighted by Gasteiger charge is 2.39. The van der Waals surface area contributed by atoms with Gasteiger partial charge in [0.1, 0.15) is 6.04 Å². The minimum absolute atomic E-state index is 0.286. The molecular formula is C10H19NO2. The van der Waals surface area contributed by atoms with Crippen molar-refractivity contribution < 1.29 is 9.90 Å². The molecule has 1 saturated heterocycles. The molecule has 0 radical (unpaired) electrons. The van der Waals surface area contributed by atoms with E-state index in [1.165, 1.54) is 25.7 Å². The summed E-state index contributed by atoms with van der Waals surface area (Å²) in [6.45, 7) is 4.93. The van der Waals surface area contributed by atoms with Gasteiger partial charge < -0.3 is 5.11 Å². The Morgan fingerprint density at radius 1 is 1.62 bits per heavy atom. The van der Waals surface area contributed by atoms with Gasteiger partial charge >= 0.3 is 5.97 Å². The predicted octanol–water partition coefficient (Wildman–Crippen LogP) is 1.72. The Kier molecular flexibility index (Phi) is 3.72. The van der Waals surface area contributed by atoms with Crippen LogP contribution in [0.3, 0.4) is 0 Å². The molecule has 0 amide bonds. The van der Waals surface area contributed by atoms with Gasteiger partial charge in [-0.25, -0.2) is 0 Å². The molecule has 0 spiro atoms. The molecule has 0 aromatic carbocycles. The summed E-state index contributed by atoms with van der Waals surface area (Å²) in [4.78, 5) is 12.7. The fourth-order valence-electron chi connectivity index (χ4n) is 1.70. The van der Waals surface area contributed by atoms with Crippen LogP contribution < -0.4 is 0 Å². The van der Waals surface area contributed by atoms with E-state index in [9.17, 15) is 4.79 Å². The van der Waals surface area contributed by atoms with E-state index in [1.54, 1.807) is 6.92 Å². The lowest BCUT2D eigenvalue weighted by Gasteiger charge is -2.07. The first-order chi connectivity index (χ1) is 6.16. The summed E-state index contributed by atoms with van der Waals surface area (Å²) in [5.41, 5.74) is 0. The number of carbonyl (C=O) groups is 1. The molecule has 3 heteroatoms. The van der Waals surface area contributed by atoms with Gasteiger partial charge in [-0.3, -0.25) is 9.69 Å². The molecule has 1 fully saturated rings. The van der Waals surface area contributed by atoms with Crippen LogP contribution in [0, 0.1) is 0 Å². The molecule has 1 heterocycles. The second-order valence-corrected chi connectivity index (χ2v) is 3.86. The number of carboxylic acids is 1. The monoisotopic (exact) mass is 185 g/mol. The van der Waals surface area contributed by atoms with Gasteiger partial charge in [0, 0.05) is 12.6 Å². The molecular weight excluding hydrogens is 166 g/mol. The average molecular weight is 185 g/mol. The summed E-state index contributed by atoms with van der Waals surface area (Å²) in [6.07, 6.45) is 4.92. The van der Waals surface area contributed by atoms with Gasteiger partial charge in [-0.15, -0.1) is 0 Å². The molecule has 0 aromatic rings. The molecule has 76 valence electrons. The van der Waals surface area contributed by atoms with E-state index >= 15 is 0 Å². The van der Waals surface area contributed by atoms with E-state index in [-0.39, 0.29) is 6.04 Å². The third-order valence-corrected chi connectivity index (χ3v) is 2.75. The minimum atomic E-state index is -0.696. The molecule has 3 unspecified atom stereocenters. The lowest BCUT2D eigenvalue weighted by atomic mass is 10.1. The fraction of sp³-hybridized carbons (Fsp3) is 0.900. The molecule has 0 aliphatic carbocycles. The van der Waals surface area contributed by atoms with Gasteiger partial charge in [0.05, 0.1) is 0 Å². The maximum atomic E-state index is 10.6. The van der Waals surface area contributed by atoms with Crippen molar-refractivity contribution in [3.8, 4) is 0 Å². The Morgan fingerprint density at radius 3 is 2.85 bits per heavy atom. The summed E-state index contributed by atoms with van der Waals surface area (Å²) >= 11 is 0. The van der Waals surface area contributed by atoms with E-state index in [0.29, 0.717) is 6.04 Å². The van der Waals surface area contributed by atoms with Crippen LogP contribution in [0.1, 0.15) is 39.5 Å². The second-order valence-electron chi connectivity index (χ2n) is 3.86. The van der Waals surface area contributed by atoms with Crippen molar-refractivity contribution in [2.75, 3.05) is 6.54 Å². The minimum Gasteiger partial charge on any atom is -0.480 e. The van der Waals surface area contributed by atoms with Crippen LogP contribution in [0.4, 0.5) is 0 Å². The molecule has 1 aliphatic rings. The Morgan fingerprint density at radius 2 is 2.31 bits per heavy atom. The highest BCUT2D eigenvalue weighted by molar-refractivity contribution is 5.73. The van der Waals surface area contributed by atoms with Gasteiger partial charge in [0.25, 0.3) is 0 Å². The van der Waals surface area contributed by atoms with Gasteiger partial charge in [0.15, 0.2) is 0 Å². The molecule has 1 aliphatic heterocycles. The Labute approximate surface area is 79.7 Å². The maximum absolute atomic E-state index is 10.6. The SMILES string of the molecule is CCCCCC1CN1C(C)C(=O)O. The zero-order valence-corrected chi connectivity index (χ0v) is 8.49. The molecule has 13 heavy (non-hydrogen) atoms. The van der Waals surface area contributed by atoms with Crippen LogP contribution in [0.25, 0.3) is 0 Å². The first-order valence-corrected chi connectivity index (χ1v) is 5.15. The highest BCUT2D eigenvalue weighted by atomic mass is 16.4. The number of carboxylic acid groups (broad SMARTS) is 1. The Balaban J connectivity index is 2.11. The van der Waals surface area contributed by atoms with Crippen LogP contribution in [0.2, 0.25) is 0 Å². The smallest absolute Gasteiger partial charge is 0.320 e.